The van der Waals surface area contributed by atoms with Crippen LogP contribution in [-0.2, 0) is 9.47 Å². The van der Waals surface area contributed by atoms with Crippen LogP contribution in [0.1, 0.15) is 19.3 Å². The SMILES string of the molecule is C1CC[Te](SCC2CO2)(SCC2CO2)CC1. The minimum atomic E-state index is -1.63. The van der Waals surface area contributed by atoms with E-state index < -0.39 is 15.4 Å². The van der Waals surface area contributed by atoms with Gasteiger partial charge in [-0.1, -0.05) is 0 Å². The van der Waals surface area contributed by atoms with Crippen molar-refractivity contribution < 1.29 is 9.47 Å². The Morgan fingerprint density at radius 2 is 1.38 bits per heavy atom. The maximum atomic E-state index is 5.36. The van der Waals surface area contributed by atoms with Crippen molar-refractivity contribution in [2.45, 2.75) is 40.4 Å². The third-order valence-corrected chi connectivity index (χ3v) is 28.3. The van der Waals surface area contributed by atoms with Gasteiger partial charge < -0.3 is 0 Å². The topological polar surface area (TPSA) is 25.1 Å². The maximum absolute atomic E-state index is 5.36. The first kappa shape index (κ1) is 12.4. The van der Waals surface area contributed by atoms with Gasteiger partial charge in [-0.15, -0.1) is 0 Å². The van der Waals surface area contributed by atoms with Crippen LogP contribution in [0.25, 0.3) is 0 Å². The van der Waals surface area contributed by atoms with Crippen molar-refractivity contribution >= 4 is 33.4 Å². The summed E-state index contributed by atoms with van der Waals surface area (Å²) >= 11 is -1.63. The monoisotopic (exact) mass is 378 g/mol. The van der Waals surface area contributed by atoms with Gasteiger partial charge in [0.1, 0.15) is 0 Å². The van der Waals surface area contributed by atoms with E-state index >= 15 is 0 Å². The molecule has 3 heterocycles. The van der Waals surface area contributed by atoms with Crippen molar-refractivity contribution in [2.75, 3.05) is 24.7 Å². The van der Waals surface area contributed by atoms with Gasteiger partial charge in [-0.3, -0.25) is 0 Å². The molecule has 0 aromatic rings. The molecule has 2 nitrogen and oxygen atoms in total. The molecule has 0 amide bonds. The molecular formula is C11H20O2S2Te. The molecule has 0 aliphatic carbocycles. The van der Waals surface area contributed by atoms with Crippen LogP contribution in [0.15, 0.2) is 0 Å². The van der Waals surface area contributed by atoms with Gasteiger partial charge in [0, 0.05) is 0 Å². The van der Waals surface area contributed by atoms with E-state index in [9.17, 15) is 0 Å². The summed E-state index contributed by atoms with van der Waals surface area (Å²) in [7, 11) is 4.72. The van der Waals surface area contributed by atoms with Gasteiger partial charge in [0.15, 0.2) is 0 Å². The average molecular weight is 376 g/mol. The Labute approximate surface area is 107 Å². The molecule has 0 aromatic heterocycles. The number of rotatable bonds is 6. The molecule has 16 heavy (non-hydrogen) atoms. The van der Waals surface area contributed by atoms with E-state index in [1.54, 1.807) is 8.94 Å². The summed E-state index contributed by atoms with van der Waals surface area (Å²) in [6.45, 7) is 2.06. The number of epoxide rings is 2. The molecular weight excluding hydrogens is 356 g/mol. The number of hydrogen-bond acceptors (Lipinski definition) is 4. The molecule has 5 heteroatoms. The Morgan fingerprint density at radius 3 is 1.81 bits per heavy atom. The molecule has 0 N–H and O–H groups in total. The standard InChI is InChI=1S/C11H20O2S2Te/c1-2-4-16(5-3-1,14-8-10-6-12-10)15-9-11-7-13-11/h10-11H,1-9H2. The van der Waals surface area contributed by atoms with Crippen molar-refractivity contribution in [1.82, 2.24) is 0 Å². The molecule has 0 aromatic carbocycles. The second-order valence-electron chi connectivity index (χ2n) is 4.69. The fraction of sp³-hybridized carbons (Fsp3) is 1.00. The Hall–Kier alpha value is 1.41. The Bertz CT molecular complexity index is 220. The molecule has 0 radical (unpaired) electrons. The zero-order valence-electron chi connectivity index (χ0n) is 9.56. The fourth-order valence-corrected chi connectivity index (χ4v) is 26.1. The van der Waals surface area contributed by atoms with Crippen molar-refractivity contribution in [2.24, 2.45) is 0 Å². The Morgan fingerprint density at radius 1 is 0.875 bits per heavy atom. The van der Waals surface area contributed by atoms with Gasteiger partial charge in [0.25, 0.3) is 0 Å². The van der Waals surface area contributed by atoms with E-state index in [2.05, 4.69) is 18.0 Å². The summed E-state index contributed by atoms with van der Waals surface area (Å²) < 4.78 is 13.9. The van der Waals surface area contributed by atoms with Gasteiger partial charge >= 0.3 is 108 Å². The third kappa shape index (κ3) is 3.70. The van der Waals surface area contributed by atoms with Crippen molar-refractivity contribution in [1.29, 1.82) is 0 Å². The molecule has 3 saturated heterocycles. The van der Waals surface area contributed by atoms with E-state index in [1.807, 2.05) is 0 Å². The van der Waals surface area contributed by atoms with Gasteiger partial charge in [-0.2, -0.15) is 0 Å². The summed E-state index contributed by atoms with van der Waals surface area (Å²) in [6, 6.07) is 0. The number of ether oxygens (including phenoxy) is 2. The predicted octanol–water partition coefficient (Wildman–Crippen LogP) is 2.88. The molecule has 0 spiro atoms. The van der Waals surface area contributed by atoms with E-state index in [-0.39, 0.29) is 0 Å². The molecule has 3 aliphatic rings. The normalized spacial score (nSPS) is 38.0. The zero-order valence-corrected chi connectivity index (χ0v) is 13.5. The molecule has 3 aliphatic heterocycles. The van der Waals surface area contributed by atoms with Gasteiger partial charge in [0.2, 0.25) is 0 Å². The third-order valence-electron chi connectivity index (χ3n) is 3.15. The Kier molecular flexibility index (Phi) is 4.34. The first-order valence-electron chi connectivity index (χ1n) is 6.17. The first-order valence-corrected chi connectivity index (χ1v) is 17.0. The van der Waals surface area contributed by atoms with E-state index in [0.29, 0.717) is 12.2 Å². The average Bonchev–Trinajstić information content (AvgIpc) is 3.18. The summed E-state index contributed by atoms with van der Waals surface area (Å²) in [4.78, 5) is 0. The van der Waals surface area contributed by atoms with E-state index in [0.717, 1.165) is 13.2 Å². The first-order chi connectivity index (χ1) is 7.86. The molecule has 2 atom stereocenters. The molecule has 0 bridgehead atoms. The van der Waals surface area contributed by atoms with E-state index in [4.69, 9.17) is 9.47 Å². The van der Waals surface area contributed by atoms with Gasteiger partial charge in [-0.05, 0) is 0 Å². The van der Waals surface area contributed by atoms with Crippen LogP contribution in [0.3, 0.4) is 0 Å². The van der Waals surface area contributed by atoms with Crippen molar-refractivity contribution in [3.8, 4) is 0 Å². The minimum absolute atomic E-state index is 0.618. The summed E-state index contributed by atoms with van der Waals surface area (Å²) in [5, 5.41) is 0. The van der Waals surface area contributed by atoms with Crippen LogP contribution in [0.5, 0.6) is 0 Å². The number of hydrogen-bond donors (Lipinski definition) is 0. The predicted molar refractivity (Wildman–Crippen MR) is 73.6 cm³/mol. The van der Waals surface area contributed by atoms with Gasteiger partial charge in [-0.25, -0.2) is 0 Å². The fourth-order valence-electron chi connectivity index (χ4n) is 1.92. The van der Waals surface area contributed by atoms with E-state index in [1.165, 1.54) is 30.8 Å². The molecule has 2 unspecified atom stereocenters. The molecule has 3 fully saturated rings. The quantitative estimate of drug-likeness (QED) is 0.526. The van der Waals surface area contributed by atoms with Crippen LogP contribution in [-0.4, -0.2) is 52.4 Å². The summed E-state index contributed by atoms with van der Waals surface area (Å²) in [6.07, 6.45) is 5.71. The van der Waals surface area contributed by atoms with Crippen LogP contribution >= 0.6 is 18.0 Å². The molecule has 0 saturated carbocycles. The van der Waals surface area contributed by atoms with Crippen LogP contribution in [0, 0.1) is 0 Å². The van der Waals surface area contributed by atoms with Crippen molar-refractivity contribution in [3.05, 3.63) is 0 Å². The zero-order chi connectivity index (χ0) is 10.8. The van der Waals surface area contributed by atoms with Crippen molar-refractivity contribution in [3.63, 3.8) is 0 Å². The van der Waals surface area contributed by atoms with Crippen LogP contribution in [0.2, 0.25) is 8.94 Å². The molecule has 94 valence electrons. The summed E-state index contributed by atoms with van der Waals surface area (Å²) in [5.41, 5.74) is 0. The van der Waals surface area contributed by atoms with Crippen LogP contribution < -0.4 is 0 Å². The van der Waals surface area contributed by atoms with Gasteiger partial charge in [0.05, 0.1) is 0 Å². The summed E-state index contributed by atoms with van der Waals surface area (Å²) in [5.74, 6) is 2.58. The molecule has 3 rings (SSSR count). The second-order valence-corrected chi connectivity index (χ2v) is 26.4. The van der Waals surface area contributed by atoms with Crippen LogP contribution in [0.4, 0.5) is 0 Å². The second kappa shape index (κ2) is 5.59. The Balaban J connectivity index is 1.50.